The maximum absolute atomic E-state index is 13.7. The SMILES string of the molecule is CN1CCN(CC(=O)c2cc(C(=O)c3cccc(Br)c3)n3cnc(-c4ccc(-c5ccccc5)cc4)cc23)CC1. The van der Waals surface area contributed by atoms with Gasteiger partial charge in [0.1, 0.15) is 6.33 Å². The van der Waals surface area contributed by atoms with Gasteiger partial charge in [0.05, 0.1) is 23.4 Å². The van der Waals surface area contributed by atoms with Crippen LogP contribution in [-0.4, -0.2) is 70.5 Å². The van der Waals surface area contributed by atoms with E-state index in [1.54, 1.807) is 28.9 Å². The second-order valence-corrected chi connectivity index (χ2v) is 11.2. The van der Waals surface area contributed by atoms with Crippen molar-refractivity contribution in [2.45, 2.75) is 0 Å². The smallest absolute Gasteiger partial charge is 0.209 e. The third-order valence-corrected chi connectivity index (χ3v) is 8.03. The zero-order valence-electron chi connectivity index (χ0n) is 22.3. The van der Waals surface area contributed by atoms with E-state index in [2.05, 4.69) is 57.0 Å². The normalized spacial score (nSPS) is 14.4. The van der Waals surface area contributed by atoms with Crippen LogP contribution in [0.3, 0.4) is 0 Å². The van der Waals surface area contributed by atoms with Gasteiger partial charge in [-0.25, -0.2) is 4.98 Å². The number of ketones is 2. The Hall–Kier alpha value is -3.91. The van der Waals surface area contributed by atoms with Crippen molar-refractivity contribution in [2.75, 3.05) is 39.8 Å². The number of rotatable bonds is 7. The van der Waals surface area contributed by atoms with E-state index < -0.39 is 0 Å². The van der Waals surface area contributed by atoms with Gasteiger partial charge in [-0.3, -0.25) is 18.9 Å². The highest BCUT2D eigenvalue weighted by Gasteiger charge is 2.24. The summed E-state index contributed by atoms with van der Waals surface area (Å²) in [6.45, 7) is 3.88. The molecule has 7 heteroatoms. The van der Waals surface area contributed by atoms with Crippen molar-refractivity contribution in [3.63, 3.8) is 0 Å². The zero-order valence-corrected chi connectivity index (χ0v) is 23.8. The van der Waals surface area contributed by atoms with Gasteiger partial charge in [-0.05, 0) is 42.4 Å². The Kier molecular flexibility index (Phi) is 7.43. The number of aromatic nitrogens is 2. The molecule has 0 amide bonds. The van der Waals surface area contributed by atoms with Crippen molar-refractivity contribution in [1.29, 1.82) is 0 Å². The fourth-order valence-corrected chi connectivity index (χ4v) is 5.59. The molecule has 1 aliphatic heterocycles. The van der Waals surface area contributed by atoms with E-state index in [0.717, 1.165) is 53.0 Å². The maximum atomic E-state index is 13.7. The standard InChI is InChI=1S/C33H29BrN4O2/c1-36-14-16-37(17-15-36)21-32(39)28-19-31(33(40)26-8-5-9-27(34)18-26)38-22-35-29(20-30(28)38)25-12-10-24(11-13-25)23-6-3-2-4-7-23/h2-13,18-20,22H,14-17,21H2,1H3. The first-order valence-electron chi connectivity index (χ1n) is 13.4. The minimum Gasteiger partial charge on any atom is -0.304 e. The average molecular weight is 594 g/mol. The number of carbonyl (C=O) groups excluding carboxylic acids is 2. The van der Waals surface area contributed by atoms with Crippen molar-refractivity contribution in [3.8, 4) is 22.4 Å². The van der Waals surface area contributed by atoms with Gasteiger partial charge in [-0.15, -0.1) is 0 Å². The lowest BCUT2D eigenvalue weighted by atomic mass is 10.0. The number of halogens is 1. The van der Waals surface area contributed by atoms with E-state index >= 15 is 0 Å². The maximum Gasteiger partial charge on any atom is 0.209 e. The number of piperazine rings is 1. The predicted octanol–water partition coefficient (Wildman–Crippen LogP) is 6.09. The lowest BCUT2D eigenvalue weighted by Crippen LogP contribution is -2.46. The zero-order chi connectivity index (χ0) is 27.6. The van der Waals surface area contributed by atoms with Gasteiger partial charge in [0, 0.05) is 47.3 Å². The molecule has 3 aromatic carbocycles. The van der Waals surface area contributed by atoms with Gasteiger partial charge in [-0.1, -0.05) is 82.7 Å². The lowest BCUT2D eigenvalue weighted by molar-refractivity contribution is 0.0878. The third-order valence-electron chi connectivity index (χ3n) is 7.53. The largest absolute Gasteiger partial charge is 0.304 e. The molecule has 0 N–H and O–H groups in total. The second-order valence-electron chi connectivity index (χ2n) is 10.3. The van der Waals surface area contributed by atoms with Crippen LogP contribution in [0.25, 0.3) is 27.9 Å². The first kappa shape index (κ1) is 26.3. The molecule has 0 radical (unpaired) electrons. The van der Waals surface area contributed by atoms with Crippen molar-refractivity contribution >= 4 is 33.0 Å². The molecule has 3 heterocycles. The molecule has 6 rings (SSSR count). The Morgan fingerprint density at radius 3 is 2.23 bits per heavy atom. The van der Waals surface area contributed by atoms with E-state index in [4.69, 9.17) is 4.98 Å². The Balaban J connectivity index is 1.39. The lowest BCUT2D eigenvalue weighted by Gasteiger charge is -2.31. The summed E-state index contributed by atoms with van der Waals surface area (Å²) in [6.07, 6.45) is 1.66. The highest BCUT2D eigenvalue weighted by atomic mass is 79.9. The van der Waals surface area contributed by atoms with Crippen LogP contribution in [0.15, 0.2) is 102 Å². The molecule has 1 fully saturated rings. The van der Waals surface area contributed by atoms with Crippen LogP contribution in [0.5, 0.6) is 0 Å². The highest BCUT2D eigenvalue weighted by Crippen LogP contribution is 2.28. The summed E-state index contributed by atoms with van der Waals surface area (Å²) in [5, 5.41) is 0. The topological polar surface area (TPSA) is 57.9 Å². The predicted molar refractivity (Wildman–Crippen MR) is 162 cm³/mol. The van der Waals surface area contributed by atoms with Crippen molar-refractivity contribution in [3.05, 3.63) is 119 Å². The van der Waals surface area contributed by atoms with E-state index in [1.165, 1.54) is 0 Å². The fraction of sp³-hybridized carbons (Fsp3) is 0.182. The molecule has 0 aliphatic carbocycles. The van der Waals surface area contributed by atoms with Crippen LogP contribution in [0.1, 0.15) is 26.4 Å². The number of benzene rings is 3. The molecule has 5 aromatic rings. The summed E-state index contributed by atoms with van der Waals surface area (Å²) in [7, 11) is 2.10. The molecular formula is C33H29BrN4O2. The molecular weight excluding hydrogens is 564 g/mol. The van der Waals surface area contributed by atoms with Gasteiger partial charge in [0.25, 0.3) is 0 Å². The molecule has 200 valence electrons. The minimum atomic E-state index is -0.156. The minimum absolute atomic E-state index is 0.00641. The molecule has 2 aromatic heterocycles. The van der Waals surface area contributed by atoms with Gasteiger partial charge < -0.3 is 4.90 Å². The van der Waals surface area contributed by atoms with E-state index in [-0.39, 0.29) is 11.6 Å². The van der Waals surface area contributed by atoms with Crippen LogP contribution in [0.2, 0.25) is 0 Å². The summed E-state index contributed by atoms with van der Waals surface area (Å²) >= 11 is 3.46. The number of nitrogens with zero attached hydrogens (tertiary/aromatic N) is 4. The molecule has 0 atom stereocenters. The van der Waals surface area contributed by atoms with E-state index in [1.807, 2.05) is 48.5 Å². The molecule has 0 spiro atoms. The quantitative estimate of drug-likeness (QED) is 0.214. The highest BCUT2D eigenvalue weighted by molar-refractivity contribution is 9.10. The van der Waals surface area contributed by atoms with Crippen LogP contribution in [0.4, 0.5) is 0 Å². The average Bonchev–Trinajstić information content (AvgIpc) is 3.37. The van der Waals surface area contributed by atoms with Crippen LogP contribution in [0, 0.1) is 0 Å². The molecule has 1 aliphatic rings. The molecule has 0 unspecified atom stereocenters. The van der Waals surface area contributed by atoms with Crippen LogP contribution in [-0.2, 0) is 0 Å². The second kappa shape index (κ2) is 11.3. The summed E-state index contributed by atoms with van der Waals surface area (Å²) in [4.78, 5) is 36.4. The Morgan fingerprint density at radius 1 is 0.800 bits per heavy atom. The van der Waals surface area contributed by atoms with E-state index in [0.29, 0.717) is 28.9 Å². The summed E-state index contributed by atoms with van der Waals surface area (Å²) in [5.41, 5.74) is 6.17. The molecule has 1 saturated heterocycles. The summed E-state index contributed by atoms with van der Waals surface area (Å²) in [6, 6.07) is 29.4. The number of likely N-dealkylation sites (N-methyl/N-ethyl adjacent to an activating group) is 1. The third kappa shape index (κ3) is 5.41. The van der Waals surface area contributed by atoms with Crippen molar-refractivity contribution in [1.82, 2.24) is 19.2 Å². The number of carbonyl (C=O) groups is 2. The van der Waals surface area contributed by atoms with Gasteiger partial charge in [-0.2, -0.15) is 0 Å². The summed E-state index contributed by atoms with van der Waals surface area (Å²) < 4.78 is 2.58. The number of hydrogen-bond donors (Lipinski definition) is 0. The van der Waals surface area contributed by atoms with Crippen molar-refractivity contribution < 1.29 is 9.59 Å². The number of hydrogen-bond acceptors (Lipinski definition) is 5. The molecule has 6 nitrogen and oxygen atoms in total. The number of Topliss-reactive ketones (excluding diaryl/α,β-unsaturated/α-hetero) is 1. The monoisotopic (exact) mass is 592 g/mol. The molecule has 40 heavy (non-hydrogen) atoms. The Labute approximate surface area is 242 Å². The van der Waals surface area contributed by atoms with Gasteiger partial charge >= 0.3 is 0 Å². The Morgan fingerprint density at radius 2 is 1.50 bits per heavy atom. The Bertz CT molecular complexity index is 1690. The number of fused-ring (bicyclic) bond motifs is 1. The van der Waals surface area contributed by atoms with Crippen LogP contribution < -0.4 is 0 Å². The summed E-state index contributed by atoms with van der Waals surface area (Å²) in [5.74, 6) is -0.149. The molecule has 0 bridgehead atoms. The van der Waals surface area contributed by atoms with Gasteiger partial charge in [0.2, 0.25) is 5.78 Å². The van der Waals surface area contributed by atoms with Gasteiger partial charge in [0.15, 0.2) is 5.78 Å². The van der Waals surface area contributed by atoms with Crippen molar-refractivity contribution in [2.24, 2.45) is 0 Å². The molecule has 0 saturated carbocycles. The van der Waals surface area contributed by atoms with Crippen LogP contribution >= 0.6 is 15.9 Å². The van der Waals surface area contributed by atoms with E-state index in [9.17, 15) is 9.59 Å². The first-order chi connectivity index (χ1) is 19.5. The first-order valence-corrected chi connectivity index (χ1v) is 14.2. The fourth-order valence-electron chi connectivity index (χ4n) is 5.19.